The number of carbonyl (C=O) groups is 2. The zero-order chi connectivity index (χ0) is 50.6. The van der Waals surface area contributed by atoms with Crippen LogP contribution in [0.4, 0.5) is 0 Å². The first-order chi connectivity index (χ1) is 33.4. The van der Waals surface area contributed by atoms with Crippen LogP contribution < -0.4 is 0 Å². The predicted octanol–water partition coefficient (Wildman–Crippen LogP) is 12.1. The molecule has 0 spiro atoms. The van der Waals surface area contributed by atoms with Gasteiger partial charge in [0.15, 0.2) is 6.10 Å². The molecule has 400 valence electrons. The van der Waals surface area contributed by atoms with Crippen LogP contribution in [0.1, 0.15) is 219 Å². The first-order valence-electron chi connectivity index (χ1n) is 27.1. The minimum absolute atomic E-state index is 0.0366. The zero-order valence-electron chi connectivity index (χ0n) is 42.8. The molecule has 6 unspecified atom stereocenters. The van der Waals surface area contributed by atoms with E-state index in [0.29, 0.717) is 25.7 Å². The molecule has 14 heteroatoms. The molecule has 6 N–H and O–H groups in total. The molecule has 1 rings (SSSR count). The second-order valence-corrected chi connectivity index (χ2v) is 20.1. The van der Waals surface area contributed by atoms with Crippen molar-refractivity contribution in [2.45, 2.75) is 262 Å². The van der Waals surface area contributed by atoms with E-state index >= 15 is 0 Å². The van der Waals surface area contributed by atoms with Gasteiger partial charge in [-0.2, -0.15) is 0 Å². The first-order valence-corrected chi connectivity index (χ1v) is 28.6. The first kappa shape index (κ1) is 64.6. The number of aliphatic hydroxyl groups is 5. The van der Waals surface area contributed by atoms with Crippen molar-refractivity contribution in [3.63, 3.8) is 0 Å². The number of phosphoric ester groups is 1. The Bertz CT molecular complexity index is 1430. The third-order valence-electron chi connectivity index (χ3n) is 12.3. The minimum atomic E-state index is -5.15. The van der Waals surface area contributed by atoms with E-state index in [0.717, 1.165) is 38.5 Å². The van der Waals surface area contributed by atoms with Crippen molar-refractivity contribution in [2.24, 2.45) is 0 Å². The van der Waals surface area contributed by atoms with Gasteiger partial charge in [-0.1, -0.05) is 197 Å². The van der Waals surface area contributed by atoms with E-state index in [2.05, 4.69) is 56.4 Å². The Balaban J connectivity index is 2.41. The summed E-state index contributed by atoms with van der Waals surface area (Å²) in [5.41, 5.74) is 0. The van der Waals surface area contributed by atoms with Crippen LogP contribution >= 0.6 is 7.82 Å². The van der Waals surface area contributed by atoms with Crippen molar-refractivity contribution in [2.75, 3.05) is 13.2 Å². The fourth-order valence-corrected chi connectivity index (χ4v) is 8.96. The molecule has 0 aromatic carbocycles. The largest absolute Gasteiger partial charge is 0.472 e. The summed E-state index contributed by atoms with van der Waals surface area (Å²) < 4.78 is 33.6. The van der Waals surface area contributed by atoms with Gasteiger partial charge in [0.05, 0.1) is 6.61 Å². The minimum Gasteiger partial charge on any atom is -0.462 e. The van der Waals surface area contributed by atoms with E-state index in [4.69, 9.17) is 18.5 Å². The van der Waals surface area contributed by atoms with Gasteiger partial charge in [0.25, 0.3) is 0 Å². The van der Waals surface area contributed by atoms with Crippen LogP contribution in [-0.2, 0) is 32.7 Å². The van der Waals surface area contributed by atoms with Crippen LogP contribution in [0.5, 0.6) is 0 Å². The molecule has 0 radical (unpaired) electrons. The lowest BCUT2D eigenvalue weighted by atomic mass is 9.85. The maximum atomic E-state index is 12.9. The summed E-state index contributed by atoms with van der Waals surface area (Å²) in [6.45, 7) is 3.23. The highest BCUT2D eigenvalue weighted by atomic mass is 31.2. The normalized spacial score (nSPS) is 21.3. The Kier molecular flexibility index (Phi) is 41.4. The molecular formula is C55H97O13P. The van der Waals surface area contributed by atoms with Crippen molar-refractivity contribution >= 4 is 19.8 Å². The molecule has 1 fully saturated rings. The van der Waals surface area contributed by atoms with E-state index in [1.54, 1.807) is 0 Å². The number of allylic oxidation sites excluding steroid dienone is 10. The van der Waals surface area contributed by atoms with E-state index < -0.39 is 75.7 Å². The van der Waals surface area contributed by atoms with E-state index in [1.165, 1.54) is 128 Å². The van der Waals surface area contributed by atoms with Crippen LogP contribution in [0, 0.1) is 0 Å². The summed E-state index contributed by atoms with van der Waals surface area (Å²) >= 11 is 0. The van der Waals surface area contributed by atoms with Gasteiger partial charge in [0.1, 0.15) is 43.2 Å². The lowest BCUT2D eigenvalue weighted by Crippen LogP contribution is -2.64. The number of rotatable bonds is 45. The summed E-state index contributed by atoms with van der Waals surface area (Å²) in [5, 5.41) is 50.3. The number of hydrogen-bond acceptors (Lipinski definition) is 12. The molecular weight excluding hydrogens is 900 g/mol. The molecule has 0 aromatic heterocycles. The Morgan fingerprint density at radius 3 is 1.23 bits per heavy atom. The molecule has 0 aromatic rings. The summed E-state index contributed by atoms with van der Waals surface area (Å²) in [6.07, 6.45) is 42.9. The van der Waals surface area contributed by atoms with Crippen LogP contribution in [-0.4, -0.2) is 98.3 Å². The van der Waals surface area contributed by atoms with Gasteiger partial charge < -0.3 is 39.9 Å². The third-order valence-corrected chi connectivity index (χ3v) is 13.3. The van der Waals surface area contributed by atoms with Gasteiger partial charge in [0, 0.05) is 12.8 Å². The van der Waals surface area contributed by atoms with Gasteiger partial charge >= 0.3 is 19.8 Å². The van der Waals surface area contributed by atoms with Crippen LogP contribution in [0.3, 0.4) is 0 Å². The number of unbranched alkanes of at least 4 members (excludes halogenated alkanes) is 23. The van der Waals surface area contributed by atoms with Crippen LogP contribution in [0.2, 0.25) is 0 Å². The number of hydrogen-bond donors (Lipinski definition) is 6. The van der Waals surface area contributed by atoms with Gasteiger partial charge in [0.2, 0.25) is 0 Å². The van der Waals surface area contributed by atoms with E-state index in [9.17, 15) is 44.6 Å². The van der Waals surface area contributed by atoms with Crippen LogP contribution in [0.15, 0.2) is 60.8 Å². The smallest absolute Gasteiger partial charge is 0.462 e. The van der Waals surface area contributed by atoms with Gasteiger partial charge in [-0.05, 0) is 70.6 Å². The molecule has 8 atom stereocenters. The van der Waals surface area contributed by atoms with Gasteiger partial charge in [-0.25, -0.2) is 4.57 Å². The molecule has 1 saturated carbocycles. The topological polar surface area (TPSA) is 210 Å². The lowest BCUT2D eigenvalue weighted by molar-refractivity contribution is -0.220. The Hall–Kier alpha value is -2.45. The van der Waals surface area contributed by atoms with Crippen molar-refractivity contribution < 1.29 is 63.1 Å². The molecule has 0 aliphatic heterocycles. The summed E-state index contributed by atoms with van der Waals surface area (Å²) in [6, 6.07) is 0. The van der Waals surface area contributed by atoms with Crippen molar-refractivity contribution in [1.82, 2.24) is 0 Å². The maximum absolute atomic E-state index is 12.9. The second kappa shape index (κ2) is 44.3. The Labute approximate surface area is 417 Å². The number of ether oxygens (including phenoxy) is 2. The molecule has 1 aliphatic carbocycles. The molecule has 0 amide bonds. The number of carbonyl (C=O) groups excluding carboxylic acids is 2. The summed E-state index contributed by atoms with van der Waals surface area (Å²) in [4.78, 5) is 35.8. The highest BCUT2D eigenvalue weighted by Crippen LogP contribution is 2.47. The molecule has 0 saturated heterocycles. The second-order valence-electron chi connectivity index (χ2n) is 18.7. The fourth-order valence-electron chi connectivity index (χ4n) is 7.99. The zero-order valence-corrected chi connectivity index (χ0v) is 43.7. The standard InChI is InChI=1S/C55H97O13P/c1-3-5-7-9-11-13-15-17-19-21-22-23-24-25-26-28-30-32-34-36-38-40-42-44-49(57)67-47(46-66-69(63,64)68-55-53(61)51(59)50(58)52(60)54(55)62)45-65-48(56)43-41-39-37-35-33-31-29-27-20-18-16-14-12-10-8-6-4-2/h12,14,18,20,29,31,35-38,47,50-55,58-62H,3-11,13,15-17,19,21-28,30,32-34,39-46H2,1-2H3,(H,63,64)/b14-12+,20-18+,31-29+,37-35+,38-36+/t47-,50?,51-,52?,53?,54?,55?/m1/s1. The molecule has 0 bridgehead atoms. The Morgan fingerprint density at radius 2 is 0.783 bits per heavy atom. The molecule has 1 aliphatic rings. The molecule has 0 heterocycles. The summed E-state index contributed by atoms with van der Waals surface area (Å²) in [5.74, 6) is -1.20. The van der Waals surface area contributed by atoms with Crippen molar-refractivity contribution in [3.8, 4) is 0 Å². The van der Waals surface area contributed by atoms with Crippen molar-refractivity contribution in [3.05, 3.63) is 60.8 Å². The molecule has 13 nitrogen and oxygen atoms in total. The van der Waals surface area contributed by atoms with Crippen molar-refractivity contribution in [1.29, 1.82) is 0 Å². The van der Waals surface area contributed by atoms with Gasteiger partial charge in [-0.3, -0.25) is 18.6 Å². The Morgan fingerprint density at radius 1 is 0.449 bits per heavy atom. The predicted molar refractivity (Wildman–Crippen MR) is 276 cm³/mol. The van der Waals surface area contributed by atoms with Crippen LogP contribution in [0.25, 0.3) is 0 Å². The SMILES string of the molecule is CCCCC/C=C/C/C=C/C/C=C/C/C=C/CCCC(=O)OC[C@H](COP(=O)(O)OC1C(O)C(O)C(O)[C@@H](O)C1O)OC(=O)CCC/C=C/CCCCCCCCCCCCCCCCCCCC. The number of aliphatic hydroxyl groups excluding tert-OH is 5. The number of esters is 2. The molecule has 69 heavy (non-hydrogen) atoms. The highest BCUT2D eigenvalue weighted by molar-refractivity contribution is 7.47. The quantitative estimate of drug-likeness (QED) is 0.0145. The highest BCUT2D eigenvalue weighted by Gasteiger charge is 2.51. The lowest BCUT2D eigenvalue weighted by Gasteiger charge is -2.41. The fraction of sp³-hybridized carbons (Fsp3) is 0.782. The average Bonchev–Trinajstić information content (AvgIpc) is 3.33. The van der Waals surface area contributed by atoms with Gasteiger partial charge in [-0.15, -0.1) is 0 Å². The summed E-state index contributed by atoms with van der Waals surface area (Å²) in [7, 11) is -5.15. The van der Waals surface area contributed by atoms with E-state index in [-0.39, 0.29) is 12.8 Å². The number of phosphoric acid groups is 1. The average molecular weight is 997 g/mol. The maximum Gasteiger partial charge on any atom is 0.472 e. The third kappa shape index (κ3) is 36.2. The monoisotopic (exact) mass is 997 g/mol. The van der Waals surface area contributed by atoms with E-state index in [1.807, 2.05) is 18.2 Å².